The normalized spacial score (nSPS) is 21.2. The summed E-state index contributed by atoms with van der Waals surface area (Å²) in [6.07, 6.45) is 6.87. The molecule has 1 aromatic heterocycles. The maximum atomic E-state index is 12.3. The third-order valence-corrected chi connectivity index (χ3v) is 4.34. The number of likely N-dealkylation sites (tertiary alicyclic amines) is 1. The number of aromatic nitrogens is 2. The number of hydrogen-bond donors (Lipinski definition) is 2. The summed E-state index contributed by atoms with van der Waals surface area (Å²) in [5, 5.41) is 17.3. The van der Waals surface area contributed by atoms with Crippen LogP contribution in [0.3, 0.4) is 0 Å². The summed E-state index contributed by atoms with van der Waals surface area (Å²) in [6, 6.07) is 1.86. The van der Waals surface area contributed by atoms with E-state index in [9.17, 15) is 14.7 Å². The summed E-state index contributed by atoms with van der Waals surface area (Å²) in [7, 11) is 1.59. The molecule has 7 heteroatoms. The Morgan fingerprint density at radius 1 is 1.39 bits per heavy atom. The fourth-order valence-corrected chi connectivity index (χ4v) is 2.98. The number of nitrogens with one attached hydrogen (secondary N) is 1. The van der Waals surface area contributed by atoms with Crippen LogP contribution in [0.5, 0.6) is 0 Å². The van der Waals surface area contributed by atoms with Crippen LogP contribution in [0.1, 0.15) is 38.5 Å². The molecule has 1 aliphatic heterocycles. The van der Waals surface area contributed by atoms with Gasteiger partial charge in [0.1, 0.15) is 0 Å². The molecule has 128 valence electrons. The third-order valence-electron chi connectivity index (χ3n) is 4.34. The molecule has 2 amide bonds. The fraction of sp³-hybridized carbons (Fsp3) is 0.688. The molecule has 0 saturated carbocycles. The highest BCUT2D eigenvalue weighted by Gasteiger charge is 2.35. The third kappa shape index (κ3) is 5.35. The molecule has 0 unspecified atom stereocenters. The van der Waals surface area contributed by atoms with Crippen molar-refractivity contribution in [1.82, 2.24) is 20.0 Å². The Bertz CT molecular complexity index is 517. The maximum Gasteiger partial charge on any atom is 0.222 e. The molecule has 0 aromatic carbocycles. The number of aliphatic hydroxyl groups is 1. The van der Waals surface area contributed by atoms with Gasteiger partial charge in [0.25, 0.3) is 0 Å². The van der Waals surface area contributed by atoms with E-state index in [1.54, 1.807) is 18.1 Å². The van der Waals surface area contributed by atoms with Gasteiger partial charge in [-0.05, 0) is 31.7 Å². The second kappa shape index (κ2) is 8.10. The number of hydrogen-bond acceptors (Lipinski definition) is 4. The summed E-state index contributed by atoms with van der Waals surface area (Å²) < 4.78 is 1.81. The Kier molecular flexibility index (Phi) is 6.15. The zero-order valence-corrected chi connectivity index (χ0v) is 13.7. The monoisotopic (exact) mass is 322 g/mol. The molecule has 1 aromatic rings. The van der Waals surface area contributed by atoms with Gasteiger partial charge in [0.2, 0.25) is 11.8 Å². The van der Waals surface area contributed by atoms with Gasteiger partial charge in [-0.15, -0.1) is 0 Å². The Hall–Kier alpha value is -1.89. The van der Waals surface area contributed by atoms with Gasteiger partial charge in [0, 0.05) is 51.9 Å². The van der Waals surface area contributed by atoms with Gasteiger partial charge in [-0.1, -0.05) is 0 Å². The van der Waals surface area contributed by atoms with E-state index in [1.165, 1.54) is 0 Å². The molecule has 2 heterocycles. The summed E-state index contributed by atoms with van der Waals surface area (Å²) in [4.78, 5) is 25.4. The summed E-state index contributed by atoms with van der Waals surface area (Å²) in [5.74, 6) is -0.0173. The largest absolute Gasteiger partial charge is 0.388 e. The van der Waals surface area contributed by atoms with E-state index in [0.717, 1.165) is 12.8 Å². The Morgan fingerprint density at radius 2 is 2.22 bits per heavy atom. The molecule has 2 rings (SSSR count). The van der Waals surface area contributed by atoms with Crippen molar-refractivity contribution in [2.24, 2.45) is 0 Å². The van der Waals surface area contributed by atoms with Crippen LogP contribution < -0.4 is 5.32 Å². The van der Waals surface area contributed by atoms with Crippen LogP contribution in [0.15, 0.2) is 18.5 Å². The zero-order chi connectivity index (χ0) is 16.7. The molecular formula is C16H26N4O3. The summed E-state index contributed by atoms with van der Waals surface area (Å²) in [5.41, 5.74) is -0.942. The quantitative estimate of drug-likeness (QED) is 0.767. The van der Waals surface area contributed by atoms with Crippen LogP contribution in [-0.4, -0.2) is 57.3 Å². The lowest BCUT2D eigenvalue weighted by Crippen LogP contribution is -2.50. The van der Waals surface area contributed by atoms with Crippen molar-refractivity contribution in [1.29, 1.82) is 0 Å². The molecule has 23 heavy (non-hydrogen) atoms. The number of carbonyl (C=O) groups is 2. The van der Waals surface area contributed by atoms with E-state index >= 15 is 0 Å². The average Bonchev–Trinajstić information content (AvgIpc) is 3.06. The Balaban J connectivity index is 1.77. The molecule has 1 saturated heterocycles. The number of carbonyl (C=O) groups excluding carboxylic acids is 2. The van der Waals surface area contributed by atoms with Gasteiger partial charge >= 0.3 is 0 Å². The first kappa shape index (κ1) is 17.5. The summed E-state index contributed by atoms with van der Waals surface area (Å²) >= 11 is 0. The first-order valence-corrected chi connectivity index (χ1v) is 8.20. The van der Waals surface area contributed by atoms with Crippen LogP contribution in [0.4, 0.5) is 0 Å². The maximum absolute atomic E-state index is 12.3. The van der Waals surface area contributed by atoms with Crippen LogP contribution >= 0.6 is 0 Å². The van der Waals surface area contributed by atoms with Crippen LogP contribution in [0, 0.1) is 0 Å². The minimum atomic E-state index is -0.942. The number of piperidine rings is 1. The van der Waals surface area contributed by atoms with Crippen molar-refractivity contribution < 1.29 is 14.7 Å². The van der Waals surface area contributed by atoms with Gasteiger partial charge in [-0.2, -0.15) is 5.10 Å². The molecule has 7 nitrogen and oxygen atoms in total. The fourth-order valence-electron chi connectivity index (χ4n) is 2.98. The minimum Gasteiger partial charge on any atom is -0.388 e. The van der Waals surface area contributed by atoms with Gasteiger partial charge < -0.3 is 15.3 Å². The van der Waals surface area contributed by atoms with Crippen LogP contribution in [0.25, 0.3) is 0 Å². The van der Waals surface area contributed by atoms with Crippen molar-refractivity contribution in [2.45, 2.75) is 50.7 Å². The van der Waals surface area contributed by atoms with E-state index in [1.807, 2.05) is 16.9 Å². The topological polar surface area (TPSA) is 87.5 Å². The van der Waals surface area contributed by atoms with E-state index in [4.69, 9.17) is 0 Å². The van der Waals surface area contributed by atoms with Crippen molar-refractivity contribution in [3.05, 3.63) is 18.5 Å². The highest BCUT2D eigenvalue weighted by atomic mass is 16.3. The Labute approximate surface area is 136 Å². The second-order valence-electron chi connectivity index (χ2n) is 6.19. The standard InChI is InChI=1S/C16H26N4O3/c1-17-14(21)6-8-16(23)7-3-10-19(13-16)15(22)5-2-11-20-12-4-9-18-20/h4,9,12,23H,2-3,5-8,10-11,13H2,1H3,(H,17,21)/t16-/m1/s1. The first-order valence-electron chi connectivity index (χ1n) is 8.20. The number of β-amino-alcohol motifs (C(OH)–C–C–N with tert-alkyl or cyclic N) is 1. The number of rotatable bonds is 7. The highest BCUT2D eigenvalue weighted by molar-refractivity contribution is 5.76. The average molecular weight is 322 g/mol. The zero-order valence-electron chi connectivity index (χ0n) is 13.7. The highest BCUT2D eigenvalue weighted by Crippen LogP contribution is 2.26. The molecule has 0 spiro atoms. The predicted molar refractivity (Wildman–Crippen MR) is 85.5 cm³/mol. The van der Waals surface area contributed by atoms with Gasteiger partial charge in [0.05, 0.1) is 5.60 Å². The van der Waals surface area contributed by atoms with E-state index < -0.39 is 5.60 Å². The molecular weight excluding hydrogens is 296 g/mol. The SMILES string of the molecule is CNC(=O)CC[C@]1(O)CCCN(C(=O)CCCn2cccn2)C1. The molecule has 0 radical (unpaired) electrons. The van der Waals surface area contributed by atoms with Gasteiger partial charge in [-0.3, -0.25) is 14.3 Å². The van der Waals surface area contributed by atoms with Crippen molar-refractivity contribution in [2.75, 3.05) is 20.1 Å². The van der Waals surface area contributed by atoms with Crippen molar-refractivity contribution in [3.8, 4) is 0 Å². The van der Waals surface area contributed by atoms with E-state index in [0.29, 0.717) is 38.9 Å². The summed E-state index contributed by atoms with van der Waals surface area (Å²) in [6.45, 7) is 1.72. The number of amides is 2. The van der Waals surface area contributed by atoms with Crippen molar-refractivity contribution in [3.63, 3.8) is 0 Å². The molecule has 0 bridgehead atoms. The van der Waals surface area contributed by atoms with Gasteiger partial charge in [0.15, 0.2) is 0 Å². The Morgan fingerprint density at radius 3 is 2.91 bits per heavy atom. The van der Waals surface area contributed by atoms with E-state index in [2.05, 4.69) is 10.4 Å². The minimum absolute atomic E-state index is 0.0650. The number of aryl methyl sites for hydroxylation is 1. The molecule has 2 N–H and O–H groups in total. The molecule has 1 aliphatic rings. The van der Waals surface area contributed by atoms with E-state index in [-0.39, 0.29) is 18.2 Å². The van der Waals surface area contributed by atoms with Crippen molar-refractivity contribution >= 4 is 11.8 Å². The molecule has 1 atom stereocenters. The first-order chi connectivity index (χ1) is 11.0. The second-order valence-corrected chi connectivity index (χ2v) is 6.19. The lowest BCUT2D eigenvalue weighted by Gasteiger charge is -2.39. The lowest BCUT2D eigenvalue weighted by atomic mass is 9.88. The molecule has 1 fully saturated rings. The lowest BCUT2D eigenvalue weighted by molar-refractivity contribution is -0.139. The molecule has 0 aliphatic carbocycles. The van der Waals surface area contributed by atoms with Crippen LogP contribution in [0.2, 0.25) is 0 Å². The predicted octanol–water partition coefficient (Wildman–Crippen LogP) is 0.543. The smallest absolute Gasteiger partial charge is 0.222 e. The van der Waals surface area contributed by atoms with Crippen LogP contribution in [-0.2, 0) is 16.1 Å². The number of nitrogens with zero attached hydrogens (tertiary/aromatic N) is 3. The van der Waals surface area contributed by atoms with Gasteiger partial charge in [-0.25, -0.2) is 0 Å².